The molecule has 0 aromatic carbocycles. The summed E-state index contributed by atoms with van der Waals surface area (Å²) < 4.78 is 23.3. The summed E-state index contributed by atoms with van der Waals surface area (Å²) in [6, 6.07) is 0. The summed E-state index contributed by atoms with van der Waals surface area (Å²) in [5.74, 6) is 0.0162. The Bertz CT molecular complexity index is 104. The van der Waals surface area contributed by atoms with Crippen molar-refractivity contribution >= 4 is 0 Å². The molecule has 1 radical (unpaired) electrons. The van der Waals surface area contributed by atoms with Gasteiger partial charge in [0.05, 0.1) is 0 Å². The Labute approximate surface area is 60.9 Å². The van der Waals surface area contributed by atoms with Crippen LogP contribution < -0.4 is 0 Å². The average Bonchev–Trinajstić information content (AvgIpc) is 1.86. The van der Waals surface area contributed by atoms with Crippen molar-refractivity contribution < 1.29 is 8.78 Å². The lowest BCUT2D eigenvalue weighted by molar-refractivity contribution is 0.403. The van der Waals surface area contributed by atoms with E-state index in [1.165, 1.54) is 0 Å². The molecule has 2 heteroatoms. The predicted molar refractivity (Wildman–Crippen MR) is 38.7 cm³/mol. The molecule has 0 rings (SSSR count). The van der Waals surface area contributed by atoms with Crippen LogP contribution in [-0.4, -0.2) is 0 Å². The second kappa shape index (κ2) is 5.39. The third kappa shape index (κ3) is 4.48. The maximum Gasteiger partial charge on any atom is 0.266 e. The predicted octanol–water partition coefficient (Wildman–Crippen LogP) is 3.41. The lowest BCUT2D eigenvalue weighted by Crippen LogP contribution is -1.92. The molecule has 0 aliphatic carbocycles. The molecule has 0 aliphatic rings. The Morgan fingerprint density at radius 1 is 1.60 bits per heavy atom. The molecule has 59 valence electrons. The number of halogens is 2. The maximum atomic E-state index is 11.6. The lowest BCUT2D eigenvalue weighted by atomic mass is 10.0. The smallest absolute Gasteiger partial charge is 0.174 e. The van der Waals surface area contributed by atoms with Gasteiger partial charge in [-0.3, -0.25) is 0 Å². The first-order valence-electron chi connectivity index (χ1n) is 3.52. The molecule has 0 N–H and O–H groups in total. The molecule has 10 heavy (non-hydrogen) atoms. The van der Waals surface area contributed by atoms with Crippen LogP contribution in [0.15, 0.2) is 12.2 Å². The highest BCUT2D eigenvalue weighted by molar-refractivity contribution is 4.87. The Kier molecular flexibility index (Phi) is 5.17. The molecule has 1 atom stereocenters. The van der Waals surface area contributed by atoms with Gasteiger partial charge in [0.15, 0.2) is 0 Å². The first-order chi connectivity index (χ1) is 4.70. The van der Waals surface area contributed by atoms with Crippen molar-refractivity contribution in [2.24, 2.45) is 5.92 Å². The van der Waals surface area contributed by atoms with Gasteiger partial charge in [-0.05, 0) is 24.8 Å². The van der Waals surface area contributed by atoms with Gasteiger partial charge in [-0.15, -0.1) is 0 Å². The van der Waals surface area contributed by atoms with Crippen LogP contribution in [0.4, 0.5) is 8.78 Å². The van der Waals surface area contributed by atoms with Gasteiger partial charge in [0.2, 0.25) is 0 Å². The monoisotopic (exact) mass is 147 g/mol. The molecular formula is C8H13F2. The Hall–Kier alpha value is -0.400. The molecule has 0 aromatic heterocycles. The topological polar surface area (TPSA) is 0 Å². The minimum Gasteiger partial charge on any atom is -0.174 e. The third-order valence-electron chi connectivity index (χ3n) is 1.46. The summed E-state index contributed by atoms with van der Waals surface area (Å²) in [6.45, 7) is 5.51. The van der Waals surface area contributed by atoms with Crippen molar-refractivity contribution in [2.45, 2.75) is 26.2 Å². The van der Waals surface area contributed by atoms with Crippen molar-refractivity contribution in [3.8, 4) is 0 Å². The molecule has 0 aromatic rings. The SMILES string of the molecule is [CH2]CCC(C=C(F)F)CC. The molecule has 0 spiro atoms. The van der Waals surface area contributed by atoms with E-state index in [0.29, 0.717) is 0 Å². The zero-order valence-electron chi connectivity index (χ0n) is 6.24. The Morgan fingerprint density at radius 3 is 2.50 bits per heavy atom. The lowest BCUT2D eigenvalue weighted by Gasteiger charge is -2.05. The van der Waals surface area contributed by atoms with Gasteiger partial charge in [0, 0.05) is 0 Å². The van der Waals surface area contributed by atoms with E-state index < -0.39 is 6.08 Å². The van der Waals surface area contributed by atoms with Crippen molar-refractivity contribution in [1.29, 1.82) is 0 Å². The normalized spacial score (nSPS) is 12.8. The van der Waals surface area contributed by atoms with Crippen molar-refractivity contribution in [2.75, 3.05) is 0 Å². The zero-order chi connectivity index (χ0) is 7.98. The number of hydrogen-bond acceptors (Lipinski definition) is 0. The molecule has 0 nitrogen and oxygen atoms in total. The summed E-state index contributed by atoms with van der Waals surface area (Å²) in [6.07, 6.45) is 1.70. The largest absolute Gasteiger partial charge is 0.266 e. The minimum atomic E-state index is -1.57. The summed E-state index contributed by atoms with van der Waals surface area (Å²) in [5, 5.41) is 0. The van der Waals surface area contributed by atoms with Gasteiger partial charge in [0.25, 0.3) is 6.08 Å². The number of rotatable bonds is 4. The fourth-order valence-electron chi connectivity index (χ4n) is 0.846. The molecule has 0 fully saturated rings. The van der Waals surface area contributed by atoms with Gasteiger partial charge in [0.1, 0.15) is 0 Å². The van der Waals surface area contributed by atoms with E-state index >= 15 is 0 Å². The van der Waals surface area contributed by atoms with Crippen LogP contribution in [0.1, 0.15) is 26.2 Å². The quantitative estimate of drug-likeness (QED) is 0.571. The van der Waals surface area contributed by atoms with Gasteiger partial charge < -0.3 is 0 Å². The first kappa shape index (κ1) is 9.60. The first-order valence-corrected chi connectivity index (χ1v) is 3.52. The van der Waals surface area contributed by atoms with Crippen LogP contribution in [0.5, 0.6) is 0 Å². The van der Waals surface area contributed by atoms with Gasteiger partial charge in [-0.25, -0.2) is 0 Å². The molecule has 0 heterocycles. The molecule has 0 saturated carbocycles. The van der Waals surface area contributed by atoms with E-state index in [1.807, 2.05) is 6.92 Å². The third-order valence-corrected chi connectivity index (χ3v) is 1.46. The van der Waals surface area contributed by atoms with Crippen LogP contribution in [0, 0.1) is 12.8 Å². The van der Waals surface area contributed by atoms with E-state index in [4.69, 9.17) is 0 Å². The zero-order valence-corrected chi connectivity index (χ0v) is 6.24. The van der Waals surface area contributed by atoms with Crippen LogP contribution in [0.2, 0.25) is 0 Å². The van der Waals surface area contributed by atoms with Crippen LogP contribution in [0.3, 0.4) is 0 Å². The van der Waals surface area contributed by atoms with E-state index in [1.54, 1.807) is 0 Å². The maximum absolute atomic E-state index is 11.6. The average molecular weight is 147 g/mol. The van der Waals surface area contributed by atoms with Gasteiger partial charge in [-0.1, -0.05) is 20.3 Å². The summed E-state index contributed by atoms with van der Waals surface area (Å²) in [7, 11) is 0. The molecule has 0 aliphatic heterocycles. The van der Waals surface area contributed by atoms with Crippen LogP contribution >= 0.6 is 0 Å². The summed E-state index contributed by atoms with van der Waals surface area (Å²) >= 11 is 0. The van der Waals surface area contributed by atoms with E-state index in [2.05, 4.69) is 6.92 Å². The van der Waals surface area contributed by atoms with E-state index in [9.17, 15) is 8.78 Å². The highest BCUT2D eigenvalue weighted by atomic mass is 19.3. The fraction of sp³-hybridized carbons (Fsp3) is 0.625. The highest BCUT2D eigenvalue weighted by Crippen LogP contribution is 2.15. The van der Waals surface area contributed by atoms with Crippen molar-refractivity contribution in [1.82, 2.24) is 0 Å². The number of allylic oxidation sites excluding steroid dienone is 1. The minimum absolute atomic E-state index is 0.0162. The fourth-order valence-corrected chi connectivity index (χ4v) is 0.846. The van der Waals surface area contributed by atoms with Crippen molar-refractivity contribution in [3.63, 3.8) is 0 Å². The molecule has 1 unspecified atom stereocenters. The Balaban J connectivity index is 3.71. The molecule has 0 amide bonds. The Morgan fingerprint density at radius 2 is 2.20 bits per heavy atom. The summed E-state index contributed by atoms with van der Waals surface area (Å²) in [5.41, 5.74) is 0. The number of hydrogen-bond donors (Lipinski definition) is 0. The standard InChI is InChI=1S/C8H13F2/c1-3-5-7(4-2)6-8(9)10/h6-7H,1,3-5H2,2H3. The van der Waals surface area contributed by atoms with E-state index in [0.717, 1.165) is 25.3 Å². The second-order valence-corrected chi connectivity index (χ2v) is 2.27. The van der Waals surface area contributed by atoms with E-state index in [-0.39, 0.29) is 5.92 Å². The summed E-state index contributed by atoms with van der Waals surface area (Å²) in [4.78, 5) is 0. The van der Waals surface area contributed by atoms with Gasteiger partial charge in [-0.2, -0.15) is 8.78 Å². The highest BCUT2D eigenvalue weighted by Gasteiger charge is 2.02. The molecule has 0 bridgehead atoms. The van der Waals surface area contributed by atoms with Crippen LogP contribution in [0.25, 0.3) is 0 Å². The second-order valence-electron chi connectivity index (χ2n) is 2.27. The van der Waals surface area contributed by atoms with Gasteiger partial charge >= 0.3 is 0 Å². The van der Waals surface area contributed by atoms with Crippen molar-refractivity contribution in [3.05, 3.63) is 19.1 Å². The molecular weight excluding hydrogens is 134 g/mol. The molecule has 0 saturated heterocycles. The van der Waals surface area contributed by atoms with Crippen LogP contribution in [-0.2, 0) is 0 Å².